The summed E-state index contributed by atoms with van der Waals surface area (Å²) in [5.41, 5.74) is 0.607. The molecule has 1 aromatic carbocycles. The average molecular weight is 311 g/mol. The van der Waals surface area contributed by atoms with E-state index in [0.717, 1.165) is 12.8 Å². The predicted molar refractivity (Wildman–Crippen MR) is 79.2 cm³/mol. The molecule has 0 saturated carbocycles. The maximum Gasteiger partial charge on any atom is 0.407 e. The topological polar surface area (TPSA) is 105 Å². The van der Waals surface area contributed by atoms with Gasteiger partial charge in [-0.15, -0.1) is 0 Å². The van der Waals surface area contributed by atoms with Crippen molar-refractivity contribution < 1.29 is 29.3 Å². The van der Waals surface area contributed by atoms with Crippen molar-refractivity contribution in [1.29, 1.82) is 0 Å². The molecule has 1 aromatic rings. The number of carbonyl (C=O) groups is 2. The zero-order chi connectivity index (χ0) is 16.5. The minimum atomic E-state index is -1.17. The van der Waals surface area contributed by atoms with Crippen LogP contribution in [0.2, 0.25) is 0 Å². The molecule has 0 aliphatic carbocycles. The summed E-state index contributed by atoms with van der Waals surface area (Å²) in [4.78, 5) is 22.8. The molecule has 0 aliphatic heterocycles. The fourth-order valence-corrected chi connectivity index (χ4v) is 1.78. The summed E-state index contributed by atoms with van der Waals surface area (Å²) in [6, 6.07) is 3.38. The monoisotopic (exact) mass is 311 g/mol. The molecule has 0 radical (unpaired) electrons. The number of aromatic hydroxyl groups is 1. The van der Waals surface area contributed by atoms with Gasteiger partial charge >= 0.3 is 12.1 Å². The first-order chi connectivity index (χ1) is 10.5. The summed E-state index contributed by atoms with van der Waals surface area (Å²) in [5, 5.41) is 21.0. The molecule has 1 rings (SSSR count). The van der Waals surface area contributed by atoms with Gasteiger partial charge in [0.2, 0.25) is 0 Å². The number of carboxylic acids is 1. The largest absolute Gasteiger partial charge is 0.504 e. The maximum absolute atomic E-state index is 11.5. The first-order valence-electron chi connectivity index (χ1n) is 6.99. The fourth-order valence-electron chi connectivity index (χ4n) is 1.78. The summed E-state index contributed by atoms with van der Waals surface area (Å²) < 4.78 is 9.85. The van der Waals surface area contributed by atoms with Gasteiger partial charge in [-0.05, 0) is 24.1 Å². The van der Waals surface area contributed by atoms with Crippen molar-refractivity contribution >= 4 is 12.1 Å². The summed E-state index contributed by atoms with van der Waals surface area (Å²) >= 11 is 0. The predicted octanol–water partition coefficient (Wildman–Crippen LogP) is 1.92. The molecule has 7 heteroatoms. The van der Waals surface area contributed by atoms with E-state index < -0.39 is 18.1 Å². The van der Waals surface area contributed by atoms with Gasteiger partial charge < -0.3 is 25.0 Å². The molecule has 3 N–H and O–H groups in total. The smallest absolute Gasteiger partial charge is 0.407 e. The number of hydrogen-bond acceptors (Lipinski definition) is 5. The van der Waals surface area contributed by atoms with Crippen LogP contribution in [-0.4, -0.2) is 42.0 Å². The number of benzene rings is 1. The van der Waals surface area contributed by atoms with E-state index >= 15 is 0 Å². The first kappa shape index (κ1) is 17.6. The Balaban J connectivity index is 2.68. The van der Waals surface area contributed by atoms with E-state index in [4.69, 9.17) is 9.47 Å². The Labute approximate surface area is 128 Å². The second-order valence-electron chi connectivity index (χ2n) is 4.73. The van der Waals surface area contributed by atoms with Crippen LogP contribution < -0.4 is 10.1 Å². The van der Waals surface area contributed by atoms with E-state index in [0.29, 0.717) is 5.56 Å². The fraction of sp³-hybridized carbons (Fsp3) is 0.467. The molecule has 0 aliphatic rings. The Morgan fingerprint density at radius 1 is 1.36 bits per heavy atom. The van der Waals surface area contributed by atoms with Crippen LogP contribution in [0.3, 0.4) is 0 Å². The molecule has 7 nitrogen and oxygen atoms in total. The molecule has 1 amide bonds. The number of unbranched alkanes of at least 4 members (excludes halogenated alkanes) is 1. The maximum atomic E-state index is 11.5. The number of methoxy groups -OCH3 is 1. The molecule has 1 atom stereocenters. The zero-order valence-corrected chi connectivity index (χ0v) is 12.7. The number of aliphatic carboxylic acids is 1. The zero-order valence-electron chi connectivity index (χ0n) is 12.7. The second kappa shape index (κ2) is 8.76. The highest BCUT2D eigenvalue weighted by molar-refractivity contribution is 5.80. The highest BCUT2D eigenvalue weighted by Crippen LogP contribution is 2.26. The molecule has 122 valence electrons. The van der Waals surface area contributed by atoms with Gasteiger partial charge in [-0.2, -0.15) is 0 Å². The van der Waals surface area contributed by atoms with Crippen molar-refractivity contribution in [3.63, 3.8) is 0 Å². The van der Waals surface area contributed by atoms with Crippen LogP contribution in [0.1, 0.15) is 25.3 Å². The standard InChI is InChI=1S/C15H21NO6/c1-3-4-7-22-15(20)16-11(14(18)19)8-10-5-6-12(17)13(9-10)21-2/h5-6,9,11,17H,3-4,7-8H2,1-2H3,(H,16,20)(H,18,19)/t11-/m1/s1. The van der Waals surface area contributed by atoms with Crippen molar-refractivity contribution in [3.8, 4) is 11.5 Å². The Morgan fingerprint density at radius 2 is 2.09 bits per heavy atom. The lowest BCUT2D eigenvalue weighted by atomic mass is 10.1. The van der Waals surface area contributed by atoms with Crippen LogP contribution in [0.15, 0.2) is 18.2 Å². The summed E-state index contributed by atoms with van der Waals surface area (Å²) in [5.74, 6) is -0.961. The molecular weight excluding hydrogens is 290 g/mol. The Morgan fingerprint density at radius 3 is 2.68 bits per heavy atom. The van der Waals surface area contributed by atoms with Crippen LogP contribution in [0.25, 0.3) is 0 Å². The SMILES string of the molecule is CCCCOC(=O)N[C@H](Cc1ccc(O)c(OC)c1)C(=O)O. The number of phenols is 1. The third-order valence-electron chi connectivity index (χ3n) is 3.01. The minimum absolute atomic E-state index is 0.0370. The lowest BCUT2D eigenvalue weighted by molar-refractivity contribution is -0.139. The number of nitrogens with one attached hydrogen (secondary N) is 1. The van der Waals surface area contributed by atoms with Crippen LogP contribution in [0, 0.1) is 0 Å². The molecule has 22 heavy (non-hydrogen) atoms. The third-order valence-corrected chi connectivity index (χ3v) is 3.01. The van der Waals surface area contributed by atoms with E-state index in [1.165, 1.54) is 19.2 Å². The molecule has 0 bridgehead atoms. The van der Waals surface area contributed by atoms with Crippen molar-refractivity contribution in [2.24, 2.45) is 0 Å². The third kappa shape index (κ3) is 5.51. The summed E-state index contributed by atoms with van der Waals surface area (Å²) in [7, 11) is 1.40. The van der Waals surface area contributed by atoms with Gasteiger partial charge in [-0.25, -0.2) is 9.59 Å². The lowest BCUT2D eigenvalue weighted by Gasteiger charge is -2.15. The average Bonchev–Trinajstić information content (AvgIpc) is 2.48. The molecule has 0 unspecified atom stereocenters. The van der Waals surface area contributed by atoms with Gasteiger partial charge in [0, 0.05) is 6.42 Å². The van der Waals surface area contributed by atoms with Gasteiger partial charge in [0.05, 0.1) is 13.7 Å². The number of alkyl carbamates (subject to hydrolysis) is 1. The van der Waals surface area contributed by atoms with E-state index in [1.54, 1.807) is 6.07 Å². The highest BCUT2D eigenvalue weighted by Gasteiger charge is 2.21. The number of rotatable bonds is 8. The highest BCUT2D eigenvalue weighted by atomic mass is 16.5. The van der Waals surface area contributed by atoms with Gasteiger partial charge in [0.15, 0.2) is 11.5 Å². The van der Waals surface area contributed by atoms with Crippen LogP contribution in [0.4, 0.5) is 4.79 Å². The van der Waals surface area contributed by atoms with Crippen molar-refractivity contribution in [2.45, 2.75) is 32.2 Å². The van der Waals surface area contributed by atoms with Gasteiger partial charge in [-0.1, -0.05) is 19.4 Å². The van der Waals surface area contributed by atoms with E-state index in [-0.39, 0.29) is 24.5 Å². The van der Waals surface area contributed by atoms with Crippen LogP contribution >= 0.6 is 0 Å². The molecule has 0 saturated heterocycles. The number of hydrogen-bond donors (Lipinski definition) is 3. The van der Waals surface area contributed by atoms with Crippen LogP contribution in [0.5, 0.6) is 11.5 Å². The Bertz CT molecular complexity index is 517. The van der Waals surface area contributed by atoms with Gasteiger partial charge in [0.1, 0.15) is 6.04 Å². The number of carboxylic acid groups (broad SMARTS) is 1. The van der Waals surface area contributed by atoms with Crippen molar-refractivity contribution in [1.82, 2.24) is 5.32 Å². The van der Waals surface area contributed by atoms with E-state index in [1.807, 2.05) is 6.92 Å². The first-order valence-corrected chi connectivity index (χ1v) is 6.99. The van der Waals surface area contributed by atoms with Gasteiger partial charge in [0.25, 0.3) is 0 Å². The van der Waals surface area contributed by atoms with E-state index in [9.17, 15) is 19.8 Å². The molecule has 0 fully saturated rings. The molecule has 0 aromatic heterocycles. The number of phenolic OH excluding ortho intramolecular Hbond substituents is 1. The molecule has 0 spiro atoms. The second-order valence-corrected chi connectivity index (χ2v) is 4.73. The number of amides is 1. The molecular formula is C15H21NO6. The van der Waals surface area contributed by atoms with Crippen molar-refractivity contribution in [3.05, 3.63) is 23.8 Å². The van der Waals surface area contributed by atoms with Gasteiger partial charge in [-0.3, -0.25) is 0 Å². The molecule has 0 heterocycles. The summed E-state index contributed by atoms with van der Waals surface area (Å²) in [6.07, 6.45) is 0.893. The number of carbonyl (C=O) groups excluding carboxylic acids is 1. The Kier molecular flexibility index (Phi) is 7.01. The lowest BCUT2D eigenvalue weighted by Crippen LogP contribution is -2.42. The quantitative estimate of drug-likeness (QED) is 0.633. The normalized spacial score (nSPS) is 11.5. The Hall–Kier alpha value is -2.44. The summed E-state index contributed by atoms with van der Waals surface area (Å²) in [6.45, 7) is 2.21. The minimum Gasteiger partial charge on any atom is -0.504 e. The van der Waals surface area contributed by atoms with E-state index in [2.05, 4.69) is 5.32 Å². The number of ether oxygens (including phenoxy) is 2. The van der Waals surface area contributed by atoms with Crippen LogP contribution in [-0.2, 0) is 16.0 Å². The van der Waals surface area contributed by atoms with Crippen molar-refractivity contribution in [2.75, 3.05) is 13.7 Å².